The van der Waals surface area contributed by atoms with E-state index in [9.17, 15) is 14.4 Å². The number of likely N-dealkylation sites (tertiary alicyclic amines) is 1. The van der Waals surface area contributed by atoms with Crippen LogP contribution in [0.5, 0.6) is 0 Å². The molecule has 0 aliphatic carbocycles. The van der Waals surface area contributed by atoms with Crippen LogP contribution in [-0.2, 0) is 20.8 Å². The van der Waals surface area contributed by atoms with Crippen LogP contribution in [0, 0.1) is 0 Å². The van der Waals surface area contributed by atoms with Crippen LogP contribution in [0.3, 0.4) is 0 Å². The molecule has 0 bridgehead atoms. The third-order valence-corrected chi connectivity index (χ3v) is 5.87. The second kappa shape index (κ2) is 10.4. The maximum atomic E-state index is 13.1. The minimum Gasteiger partial charge on any atom is -0.352 e. The number of benzene rings is 2. The Morgan fingerprint density at radius 1 is 1.03 bits per heavy atom. The highest BCUT2D eigenvalue weighted by molar-refractivity contribution is 5.94. The minimum atomic E-state index is -0.515. The van der Waals surface area contributed by atoms with Crippen molar-refractivity contribution in [2.45, 2.75) is 44.8 Å². The first kappa shape index (κ1) is 23.5. The zero-order chi connectivity index (χ0) is 23.3. The topological polar surface area (TPSA) is 81.8 Å². The summed E-state index contributed by atoms with van der Waals surface area (Å²) in [7, 11) is 3.42. The van der Waals surface area contributed by atoms with Gasteiger partial charge in [-0.05, 0) is 30.0 Å². The number of nitrogens with zero attached hydrogens (tertiary/aromatic N) is 2. The Morgan fingerprint density at radius 2 is 1.69 bits per heavy atom. The third kappa shape index (κ3) is 5.34. The van der Waals surface area contributed by atoms with E-state index in [0.29, 0.717) is 6.42 Å². The van der Waals surface area contributed by atoms with E-state index in [0.717, 1.165) is 23.2 Å². The minimum absolute atomic E-state index is 0.0396. The highest BCUT2D eigenvalue weighted by Gasteiger charge is 2.46. The summed E-state index contributed by atoms with van der Waals surface area (Å²) in [4.78, 5) is 41.5. The number of carbonyl (C=O) groups is 3. The average molecular weight is 437 g/mol. The molecule has 0 aromatic heterocycles. The first-order valence-corrected chi connectivity index (χ1v) is 11.0. The van der Waals surface area contributed by atoms with Gasteiger partial charge in [-0.15, -0.1) is 0 Å². The maximum Gasteiger partial charge on any atom is 0.239 e. The largest absolute Gasteiger partial charge is 0.352 e. The van der Waals surface area contributed by atoms with Gasteiger partial charge in [-0.25, -0.2) is 0 Å². The van der Waals surface area contributed by atoms with Gasteiger partial charge >= 0.3 is 0 Å². The van der Waals surface area contributed by atoms with Crippen molar-refractivity contribution in [3.8, 4) is 0 Å². The number of carbonyl (C=O) groups excluding carboxylic acids is 3. The van der Waals surface area contributed by atoms with Crippen molar-refractivity contribution < 1.29 is 14.4 Å². The maximum absolute atomic E-state index is 13.1. The Bertz CT molecular complexity index is 961. The number of rotatable bonds is 7. The molecule has 2 aromatic rings. The lowest BCUT2D eigenvalue weighted by molar-refractivity contribution is -0.134. The van der Waals surface area contributed by atoms with Gasteiger partial charge < -0.3 is 15.5 Å². The molecule has 7 heteroatoms. The molecule has 1 fully saturated rings. The van der Waals surface area contributed by atoms with Gasteiger partial charge in [0, 0.05) is 26.7 Å². The number of amides is 3. The summed E-state index contributed by atoms with van der Waals surface area (Å²) in [5.41, 5.74) is 2.80. The predicted octanol–water partition coefficient (Wildman–Crippen LogP) is 2.60. The van der Waals surface area contributed by atoms with Crippen LogP contribution in [0.15, 0.2) is 54.6 Å². The summed E-state index contributed by atoms with van der Waals surface area (Å²) in [5, 5.41) is 6.01. The summed E-state index contributed by atoms with van der Waals surface area (Å²) < 4.78 is 0. The molecule has 1 aliphatic heterocycles. The summed E-state index contributed by atoms with van der Waals surface area (Å²) in [5.74, 6) is -0.428. The van der Waals surface area contributed by atoms with Gasteiger partial charge in [0.25, 0.3) is 0 Å². The van der Waals surface area contributed by atoms with Crippen LogP contribution in [0.1, 0.15) is 37.4 Å². The van der Waals surface area contributed by atoms with E-state index < -0.39 is 6.04 Å². The molecule has 3 amide bonds. The molecule has 0 radical (unpaired) electrons. The molecule has 3 rings (SSSR count). The first-order valence-electron chi connectivity index (χ1n) is 11.0. The third-order valence-electron chi connectivity index (χ3n) is 5.87. The van der Waals surface area contributed by atoms with E-state index in [1.165, 1.54) is 6.92 Å². The summed E-state index contributed by atoms with van der Waals surface area (Å²) >= 11 is 0. The molecule has 3 atom stereocenters. The van der Waals surface area contributed by atoms with E-state index in [2.05, 4.69) is 10.6 Å². The van der Waals surface area contributed by atoms with E-state index in [-0.39, 0.29) is 36.3 Å². The highest BCUT2D eigenvalue weighted by atomic mass is 16.2. The van der Waals surface area contributed by atoms with Gasteiger partial charge in [-0.1, -0.05) is 55.5 Å². The fourth-order valence-electron chi connectivity index (χ4n) is 4.46. The predicted molar refractivity (Wildman–Crippen MR) is 125 cm³/mol. The van der Waals surface area contributed by atoms with Crippen molar-refractivity contribution in [2.24, 2.45) is 0 Å². The molecular formula is C25H32N4O3. The molecule has 170 valence electrons. The van der Waals surface area contributed by atoms with Crippen molar-refractivity contribution >= 4 is 23.4 Å². The Hall–Kier alpha value is -3.19. The van der Waals surface area contributed by atoms with Crippen molar-refractivity contribution in [3.63, 3.8) is 0 Å². The Labute approximate surface area is 189 Å². The van der Waals surface area contributed by atoms with E-state index in [4.69, 9.17) is 0 Å². The standard InChI is InChI=1S/C25H32N4O3/c1-5-18-11-9-10-14-20(18)27-23(31)16-29-22(25(32)28(3)4)15-21(26-17(2)30)24(29)19-12-7-6-8-13-19/h6-14,21-22,24H,5,15-16H2,1-4H3,(H,26,30)(H,27,31)/t21-,22-,24-/m0/s1. The van der Waals surface area contributed by atoms with E-state index in [1.54, 1.807) is 19.0 Å². The number of para-hydroxylation sites is 1. The lowest BCUT2D eigenvalue weighted by Crippen LogP contribution is -2.46. The van der Waals surface area contributed by atoms with Crippen molar-refractivity contribution in [1.29, 1.82) is 0 Å². The molecule has 0 saturated carbocycles. The van der Waals surface area contributed by atoms with Crippen LogP contribution in [0.4, 0.5) is 5.69 Å². The Kier molecular flexibility index (Phi) is 7.64. The molecule has 0 spiro atoms. The molecule has 0 unspecified atom stereocenters. The second-order valence-corrected chi connectivity index (χ2v) is 8.38. The van der Waals surface area contributed by atoms with Gasteiger partial charge in [-0.3, -0.25) is 19.3 Å². The number of anilines is 1. The van der Waals surface area contributed by atoms with Crippen LogP contribution in [0.2, 0.25) is 0 Å². The fourth-order valence-corrected chi connectivity index (χ4v) is 4.46. The number of likely N-dealkylation sites (N-methyl/N-ethyl adjacent to an activating group) is 1. The molecule has 2 aromatic carbocycles. The van der Waals surface area contributed by atoms with Gasteiger partial charge in [-0.2, -0.15) is 0 Å². The smallest absolute Gasteiger partial charge is 0.239 e. The quantitative estimate of drug-likeness (QED) is 0.699. The fraction of sp³-hybridized carbons (Fsp3) is 0.400. The Morgan fingerprint density at radius 3 is 2.31 bits per heavy atom. The highest BCUT2D eigenvalue weighted by Crippen LogP contribution is 2.37. The van der Waals surface area contributed by atoms with Gasteiger partial charge in [0.1, 0.15) is 0 Å². The summed E-state index contributed by atoms with van der Waals surface area (Å²) in [6.07, 6.45) is 1.24. The lowest BCUT2D eigenvalue weighted by Gasteiger charge is -2.32. The molecular weight excluding hydrogens is 404 g/mol. The van der Waals surface area contributed by atoms with E-state index in [1.807, 2.05) is 66.4 Å². The van der Waals surface area contributed by atoms with Crippen molar-refractivity contribution in [1.82, 2.24) is 15.1 Å². The molecule has 2 N–H and O–H groups in total. The van der Waals surface area contributed by atoms with Crippen molar-refractivity contribution in [2.75, 3.05) is 26.0 Å². The zero-order valence-corrected chi connectivity index (χ0v) is 19.2. The monoisotopic (exact) mass is 436 g/mol. The van der Waals surface area contributed by atoms with Crippen LogP contribution >= 0.6 is 0 Å². The van der Waals surface area contributed by atoms with Crippen LogP contribution in [-0.4, -0.2) is 60.2 Å². The van der Waals surface area contributed by atoms with Gasteiger partial charge in [0.15, 0.2) is 0 Å². The number of aryl methyl sites for hydroxylation is 1. The zero-order valence-electron chi connectivity index (χ0n) is 19.2. The van der Waals surface area contributed by atoms with Gasteiger partial charge in [0.05, 0.1) is 24.7 Å². The SMILES string of the molecule is CCc1ccccc1NC(=O)CN1[C@H](C(=O)N(C)C)C[C@H](NC(C)=O)[C@@H]1c1ccccc1. The van der Waals surface area contributed by atoms with Crippen LogP contribution in [0.25, 0.3) is 0 Å². The van der Waals surface area contributed by atoms with Gasteiger partial charge in [0.2, 0.25) is 17.7 Å². The lowest BCUT2D eigenvalue weighted by atomic mass is 9.99. The van der Waals surface area contributed by atoms with Crippen molar-refractivity contribution in [3.05, 3.63) is 65.7 Å². The number of nitrogens with one attached hydrogen (secondary N) is 2. The summed E-state index contributed by atoms with van der Waals surface area (Å²) in [6, 6.07) is 16.4. The number of hydrogen-bond acceptors (Lipinski definition) is 4. The van der Waals surface area contributed by atoms with E-state index >= 15 is 0 Å². The average Bonchev–Trinajstić information content (AvgIpc) is 3.10. The Balaban J connectivity index is 1.93. The molecule has 32 heavy (non-hydrogen) atoms. The van der Waals surface area contributed by atoms with Crippen LogP contribution < -0.4 is 10.6 Å². The molecule has 1 saturated heterocycles. The normalized spacial score (nSPS) is 20.6. The first-order chi connectivity index (χ1) is 15.3. The number of hydrogen-bond donors (Lipinski definition) is 2. The molecule has 1 heterocycles. The molecule has 7 nitrogen and oxygen atoms in total. The summed E-state index contributed by atoms with van der Waals surface area (Å²) in [6.45, 7) is 3.56. The molecule has 1 aliphatic rings. The second-order valence-electron chi connectivity index (χ2n) is 8.38.